The van der Waals surface area contributed by atoms with Gasteiger partial charge in [-0.1, -0.05) is 23.7 Å². The molecule has 2 amide bonds. The maximum absolute atomic E-state index is 13.0. The highest BCUT2D eigenvalue weighted by Gasteiger charge is 2.33. The molecule has 0 fully saturated rings. The number of carboxylic acids is 1. The number of anilines is 2. The van der Waals surface area contributed by atoms with Crippen molar-refractivity contribution in [2.75, 3.05) is 10.6 Å². The Morgan fingerprint density at radius 2 is 1.76 bits per heavy atom. The summed E-state index contributed by atoms with van der Waals surface area (Å²) in [6, 6.07) is 10.4. The Bertz CT molecular complexity index is 1390. The van der Waals surface area contributed by atoms with Crippen LogP contribution in [0.5, 0.6) is 0 Å². The number of carbonyl (C=O) groups is 2. The lowest BCUT2D eigenvalue weighted by Crippen LogP contribution is -2.20. The summed E-state index contributed by atoms with van der Waals surface area (Å²) in [5.74, 6) is -1.17. The summed E-state index contributed by atoms with van der Waals surface area (Å²) in [7, 11) is 0. The van der Waals surface area contributed by atoms with Crippen molar-refractivity contribution in [3.8, 4) is 11.3 Å². The largest absolute Gasteiger partial charge is 0.477 e. The highest BCUT2D eigenvalue weighted by molar-refractivity contribution is 6.31. The number of hydrogen-bond acceptors (Lipinski definition) is 4. The number of fused-ring (bicyclic) bond motifs is 1. The molecule has 0 saturated heterocycles. The third-order valence-electron chi connectivity index (χ3n) is 4.58. The molecule has 0 spiro atoms. The zero-order valence-electron chi connectivity index (χ0n) is 16.4. The summed E-state index contributed by atoms with van der Waals surface area (Å²) < 4.78 is 40.4. The first-order valence-electron chi connectivity index (χ1n) is 9.25. The van der Waals surface area contributed by atoms with Gasteiger partial charge in [0.15, 0.2) is 5.65 Å². The minimum atomic E-state index is -4.66. The van der Waals surface area contributed by atoms with Gasteiger partial charge in [-0.15, -0.1) is 0 Å². The quantitative estimate of drug-likeness (QED) is 0.365. The molecule has 0 saturated carbocycles. The Labute approximate surface area is 188 Å². The molecule has 0 unspecified atom stereocenters. The van der Waals surface area contributed by atoms with Crippen LogP contribution in [0.1, 0.15) is 15.9 Å². The molecule has 12 heteroatoms. The lowest BCUT2D eigenvalue weighted by atomic mass is 10.1. The molecule has 168 valence electrons. The van der Waals surface area contributed by atoms with Crippen LogP contribution in [0, 0.1) is 0 Å². The number of rotatable bonds is 4. The van der Waals surface area contributed by atoms with Crippen LogP contribution in [0.25, 0.3) is 16.9 Å². The van der Waals surface area contributed by atoms with Crippen molar-refractivity contribution in [3.63, 3.8) is 0 Å². The number of aromatic carboxylic acids is 1. The number of halogens is 4. The number of carboxylic acid groups (broad SMARTS) is 1. The molecule has 8 nitrogen and oxygen atoms in total. The monoisotopic (exact) mass is 475 g/mol. The number of carbonyl (C=O) groups excluding carboxylic acids is 1. The van der Waals surface area contributed by atoms with Crippen LogP contribution in [-0.4, -0.2) is 31.7 Å². The number of nitrogens with zero attached hydrogens (tertiary/aromatic N) is 3. The van der Waals surface area contributed by atoms with Crippen molar-refractivity contribution in [2.45, 2.75) is 6.18 Å². The Kier molecular flexibility index (Phi) is 5.64. The summed E-state index contributed by atoms with van der Waals surface area (Å²) in [6.07, 6.45) is -2.04. The fourth-order valence-corrected chi connectivity index (χ4v) is 3.36. The summed E-state index contributed by atoms with van der Waals surface area (Å²) in [6.45, 7) is 0. The van der Waals surface area contributed by atoms with Gasteiger partial charge in [0.1, 0.15) is 5.56 Å². The van der Waals surface area contributed by atoms with E-state index in [1.807, 2.05) is 0 Å². The first kappa shape index (κ1) is 22.1. The van der Waals surface area contributed by atoms with Crippen LogP contribution in [0.3, 0.4) is 0 Å². The fourth-order valence-electron chi connectivity index (χ4n) is 3.13. The molecule has 0 aliphatic rings. The summed E-state index contributed by atoms with van der Waals surface area (Å²) in [5, 5.41) is 17.7. The second kappa shape index (κ2) is 8.43. The first-order chi connectivity index (χ1) is 15.6. The van der Waals surface area contributed by atoms with E-state index in [1.165, 1.54) is 23.0 Å². The summed E-state index contributed by atoms with van der Waals surface area (Å²) >= 11 is 5.59. The zero-order valence-corrected chi connectivity index (χ0v) is 17.1. The van der Waals surface area contributed by atoms with E-state index >= 15 is 0 Å². The average Bonchev–Trinajstić information content (AvgIpc) is 3.19. The van der Waals surface area contributed by atoms with Gasteiger partial charge in [-0.2, -0.15) is 18.3 Å². The Morgan fingerprint density at radius 3 is 2.45 bits per heavy atom. The molecule has 0 bridgehead atoms. The molecule has 0 aliphatic carbocycles. The van der Waals surface area contributed by atoms with Crippen LogP contribution >= 0.6 is 11.6 Å². The average molecular weight is 476 g/mol. The highest BCUT2D eigenvalue weighted by atomic mass is 35.5. The SMILES string of the molecule is O=C(Nc1cccc(-c2ccnc3c(C(=O)O)cnn23)c1)Nc1ccc(Cl)c(C(F)(F)F)c1. The van der Waals surface area contributed by atoms with Crippen LogP contribution in [0.15, 0.2) is 60.9 Å². The van der Waals surface area contributed by atoms with Crippen molar-refractivity contribution in [3.05, 3.63) is 77.1 Å². The van der Waals surface area contributed by atoms with Gasteiger partial charge in [0, 0.05) is 23.1 Å². The second-order valence-electron chi connectivity index (χ2n) is 6.78. The normalized spacial score (nSPS) is 11.4. The van der Waals surface area contributed by atoms with E-state index in [0.717, 1.165) is 12.1 Å². The molecule has 2 aromatic heterocycles. The molecule has 0 radical (unpaired) electrons. The predicted molar refractivity (Wildman–Crippen MR) is 114 cm³/mol. The molecule has 2 heterocycles. The highest BCUT2D eigenvalue weighted by Crippen LogP contribution is 2.36. The Morgan fingerprint density at radius 1 is 1.03 bits per heavy atom. The minimum absolute atomic E-state index is 0.0632. The van der Waals surface area contributed by atoms with Gasteiger partial charge in [0.05, 0.1) is 22.5 Å². The first-order valence-corrected chi connectivity index (χ1v) is 9.62. The van der Waals surface area contributed by atoms with Gasteiger partial charge in [0.2, 0.25) is 0 Å². The third-order valence-corrected chi connectivity index (χ3v) is 4.91. The van der Waals surface area contributed by atoms with E-state index in [-0.39, 0.29) is 16.9 Å². The van der Waals surface area contributed by atoms with E-state index in [9.17, 15) is 27.9 Å². The molecule has 3 N–H and O–H groups in total. The number of aromatic nitrogens is 3. The minimum Gasteiger partial charge on any atom is -0.477 e. The Balaban J connectivity index is 1.57. The van der Waals surface area contributed by atoms with Gasteiger partial charge in [-0.05, 0) is 36.4 Å². The molecular weight excluding hydrogens is 463 g/mol. The van der Waals surface area contributed by atoms with Crippen molar-refractivity contribution in [2.24, 2.45) is 0 Å². The number of amides is 2. The van der Waals surface area contributed by atoms with Crippen molar-refractivity contribution in [1.29, 1.82) is 0 Å². The molecule has 0 atom stereocenters. The van der Waals surface area contributed by atoms with Gasteiger partial charge in [-0.3, -0.25) is 0 Å². The Hall–Kier alpha value is -4.12. The molecule has 0 aliphatic heterocycles. The van der Waals surface area contributed by atoms with Gasteiger partial charge in [0.25, 0.3) is 0 Å². The second-order valence-corrected chi connectivity index (χ2v) is 7.19. The number of hydrogen-bond donors (Lipinski definition) is 3. The molecule has 2 aromatic carbocycles. The van der Waals surface area contributed by atoms with Crippen molar-refractivity contribution < 1.29 is 27.9 Å². The standard InChI is InChI=1S/C21H13ClF3N5O3/c22-16-5-4-13(9-15(16)21(23,24)25)29-20(33)28-12-3-1-2-11(8-12)17-6-7-26-18-14(19(31)32)10-27-30(17)18/h1-10H,(H,31,32)(H2,28,29,33). The zero-order chi connectivity index (χ0) is 23.8. The lowest BCUT2D eigenvalue weighted by molar-refractivity contribution is -0.137. The van der Waals surface area contributed by atoms with E-state index in [2.05, 4.69) is 20.7 Å². The van der Waals surface area contributed by atoms with Gasteiger partial charge in [-0.25, -0.2) is 19.1 Å². The molecular formula is C21H13ClF3N5O3. The van der Waals surface area contributed by atoms with Crippen LogP contribution in [-0.2, 0) is 6.18 Å². The number of alkyl halides is 3. The lowest BCUT2D eigenvalue weighted by Gasteiger charge is -2.13. The van der Waals surface area contributed by atoms with Gasteiger partial charge >= 0.3 is 18.2 Å². The maximum Gasteiger partial charge on any atom is 0.417 e. The van der Waals surface area contributed by atoms with Crippen molar-refractivity contribution in [1.82, 2.24) is 14.6 Å². The fraction of sp³-hybridized carbons (Fsp3) is 0.0476. The van der Waals surface area contributed by atoms with Crippen LogP contribution in [0.2, 0.25) is 5.02 Å². The van der Waals surface area contributed by atoms with Crippen LogP contribution < -0.4 is 10.6 Å². The predicted octanol–water partition coefficient (Wildman–Crippen LogP) is 5.41. The molecule has 33 heavy (non-hydrogen) atoms. The van der Waals surface area contributed by atoms with Crippen LogP contribution in [0.4, 0.5) is 29.3 Å². The van der Waals surface area contributed by atoms with E-state index in [1.54, 1.807) is 30.3 Å². The molecule has 4 aromatic rings. The third kappa shape index (κ3) is 4.58. The summed E-state index contributed by atoms with van der Waals surface area (Å²) in [4.78, 5) is 27.7. The smallest absolute Gasteiger partial charge is 0.417 e. The number of benzene rings is 2. The number of nitrogens with one attached hydrogen (secondary N) is 2. The maximum atomic E-state index is 13.0. The van der Waals surface area contributed by atoms with Gasteiger partial charge < -0.3 is 15.7 Å². The molecule has 4 rings (SSSR count). The topological polar surface area (TPSA) is 109 Å². The van der Waals surface area contributed by atoms with E-state index in [4.69, 9.17) is 11.6 Å². The van der Waals surface area contributed by atoms with Crippen molar-refractivity contribution >= 4 is 40.6 Å². The van der Waals surface area contributed by atoms with E-state index < -0.39 is 28.8 Å². The summed E-state index contributed by atoms with van der Waals surface area (Å²) in [5.41, 5.74) is 0.381. The van der Waals surface area contributed by atoms with E-state index in [0.29, 0.717) is 16.9 Å². The number of urea groups is 1.